The van der Waals surface area contributed by atoms with Crippen molar-refractivity contribution < 1.29 is 9.15 Å². The monoisotopic (exact) mass is 296 g/mol. The van der Waals surface area contributed by atoms with Gasteiger partial charge in [0.05, 0.1) is 10.0 Å². The van der Waals surface area contributed by atoms with Gasteiger partial charge in [0.1, 0.15) is 5.52 Å². The first-order chi connectivity index (χ1) is 8.19. The minimum absolute atomic E-state index is 0.489. The minimum Gasteiger partial charge on any atom is -0.437 e. The van der Waals surface area contributed by atoms with Crippen LogP contribution in [0.4, 0.5) is 0 Å². The van der Waals surface area contributed by atoms with Crippen molar-refractivity contribution in [3.63, 3.8) is 0 Å². The second-order valence-corrected chi connectivity index (χ2v) is 5.23. The Labute approximate surface area is 107 Å². The van der Waals surface area contributed by atoms with E-state index < -0.39 is 5.54 Å². The van der Waals surface area contributed by atoms with E-state index in [-0.39, 0.29) is 0 Å². The van der Waals surface area contributed by atoms with Gasteiger partial charge >= 0.3 is 0 Å². The fourth-order valence-electron chi connectivity index (χ4n) is 2.08. The SMILES string of the molecule is NC1(c2nc3cccc(Br)c3o2)CCOCC1. The largest absolute Gasteiger partial charge is 0.437 e. The van der Waals surface area contributed by atoms with Crippen molar-refractivity contribution in [1.29, 1.82) is 0 Å². The standard InChI is InChI=1S/C12H13BrN2O2/c13-8-2-1-3-9-10(8)17-11(15-9)12(14)4-6-16-7-5-12/h1-3H,4-7,14H2. The summed E-state index contributed by atoms with van der Waals surface area (Å²) in [5.41, 5.74) is 7.45. The lowest BCUT2D eigenvalue weighted by Gasteiger charge is -2.29. The van der Waals surface area contributed by atoms with Crippen LogP contribution in [-0.2, 0) is 10.3 Å². The van der Waals surface area contributed by atoms with Crippen LogP contribution in [0.5, 0.6) is 0 Å². The quantitative estimate of drug-likeness (QED) is 0.878. The highest BCUT2D eigenvalue weighted by atomic mass is 79.9. The van der Waals surface area contributed by atoms with Gasteiger partial charge in [0.15, 0.2) is 5.58 Å². The molecule has 1 saturated heterocycles. The van der Waals surface area contributed by atoms with Crippen molar-refractivity contribution in [3.05, 3.63) is 28.6 Å². The third-order valence-corrected chi connectivity index (χ3v) is 3.80. The number of aromatic nitrogens is 1. The summed E-state index contributed by atoms with van der Waals surface area (Å²) in [5, 5.41) is 0. The van der Waals surface area contributed by atoms with Crippen molar-refractivity contribution >= 4 is 27.0 Å². The summed E-state index contributed by atoms with van der Waals surface area (Å²) in [6.45, 7) is 1.33. The molecule has 2 aromatic rings. The lowest BCUT2D eigenvalue weighted by atomic mass is 9.91. The van der Waals surface area contributed by atoms with E-state index in [2.05, 4.69) is 20.9 Å². The smallest absolute Gasteiger partial charge is 0.215 e. The maximum atomic E-state index is 6.34. The van der Waals surface area contributed by atoms with Crippen molar-refractivity contribution in [2.75, 3.05) is 13.2 Å². The molecule has 1 aromatic carbocycles. The summed E-state index contributed by atoms with van der Waals surface area (Å²) in [6.07, 6.45) is 1.49. The molecule has 1 fully saturated rings. The van der Waals surface area contributed by atoms with Crippen molar-refractivity contribution in [2.45, 2.75) is 18.4 Å². The maximum Gasteiger partial charge on any atom is 0.215 e. The summed E-state index contributed by atoms with van der Waals surface area (Å²) in [7, 11) is 0. The number of benzene rings is 1. The van der Waals surface area contributed by atoms with Crippen LogP contribution in [0.1, 0.15) is 18.7 Å². The number of hydrogen-bond donors (Lipinski definition) is 1. The first-order valence-electron chi connectivity index (χ1n) is 5.61. The van der Waals surface area contributed by atoms with E-state index >= 15 is 0 Å². The number of hydrogen-bond acceptors (Lipinski definition) is 4. The molecule has 0 aliphatic carbocycles. The third-order valence-electron chi connectivity index (χ3n) is 3.18. The molecule has 1 aromatic heterocycles. The van der Waals surface area contributed by atoms with Crippen molar-refractivity contribution in [1.82, 2.24) is 4.98 Å². The van der Waals surface area contributed by atoms with Crippen LogP contribution >= 0.6 is 15.9 Å². The normalized spacial score (nSPS) is 19.6. The molecule has 2 heterocycles. The molecule has 3 rings (SSSR count). The van der Waals surface area contributed by atoms with Crippen LogP contribution in [-0.4, -0.2) is 18.2 Å². The Morgan fingerprint density at radius 1 is 1.29 bits per heavy atom. The molecule has 1 aliphatic rings. The molecule has 0 atom stereocenters. The first kappa shape index (κ1) is 11.2. The molecular weight excluding hydrogens is 284 g/mol. The Morgan fingerprint density at radius 3 is 2.76 bits per heavy atom. The van der Waals surface area contributed by atoms with Crippen LogP contribution in [0.2, 0.25) is 0 Å². The zero-order chi connectivity index (χ0) is 11.9. The van der Waals surface area contributed by atoms with Crippen LogP contribution in [0.3, 0.4) is 0 Å². The third kappa shape index (κ3) is 1.88. The fourth-order valence-corrected chi connectivity index (χ4v) is 2.51. The average Bonchev–Trinajstić information content (AvgIpc) is 2.76. The van der Waals surface area contributed by atoms with Gasteiger partial charge in [-0.15, -0.1) is 0 Å². The molecule has 1 aliphatic heterocycles. The summed E-state index contributed by atoms with van der Waals surface area (Å²) in [5.74, 6) is 0.614. The molecule has 4 nitrogen and oxygen atoms in total. The molecule has 0 radical (unpaired) electrons. The van der Waals surface area contributed by atoms with Gasteiger partial charge in [-0.05, 0) is 40.9 Å². The summed E-state index contributed by atoms with van der Waals surface area (Å²) in [4.78, 5) is 4.49. The summed E-state index contributed by atoms with van der Waals surface area (Å²) in [6, 6.07) is 5.80. The number of rotatable bonds is 1. The number of oxazole rings is 1. The molecule has 0 amide bonds. The van der Waals surface area contributed by atoms with Crippen molar-refractivity contribution in [2.24, 2.45) is 5.73 Å². The second-order valence-electron chi connectivity index (χ2n) is 4.38. The van der Waals surface area contributed by atoms with E-state index in [1.54, 1.807) is 0 Å². The molecule has 0 bridgehead atoms. The number of fused-ring (bicyclic) bond motifs is 1. The molecule has 0 spiro atoms. The molecule has 0 unspecified atom stereocenters. The van der Waals surface area contributed by atoms with Gasteiger partial charge in [-0.1, -0.05) is 6.07 Å². The van der Waals surface area contributed by atoms with Gasteiger partial charge in [-0.3, -0.25) is 0 Å². The highest BCUT2D eigenvalue weighted by molar-refractivity contribution is 9.10. The number of halogens is 1. The van der Waals surface area contributed by atoms with Gasteiger partial charge < -0.3 is 14.9 Å². The Bertz CT molecular complexity index is 546. The van der Waals surface area contributed by atoms with E-state index in [4.69, 9.17) is 14.9 Å². The zero-order valence-electron chi connectivity index (χ0n) is 9.28. The van der Waals surface area contributed by atoms with Crippen LogP contribution in [0.15, 0.2) is 27.1 Å². The number of para-hydroxylation sites is 1. The van der Waals surface area contributed by atoms with Crippen LogP contribution < -0.4 is 5.73 Å². The molecule has 0 saturated carbocycles. The maximum absolute atomic E-state index is 6.34. The van der Waals surface area contributed by atoms with Gasteiger partial charge in [-0.25, -0.2) is 4.98 Å². The van der Waals surface area contributed by atoms with E-state index in [0.29, 0.717) is 19.1 Å². The topological polar surface area (TPSA) is 61.3 Å². The minimum atomic E-state index is -0.489. The van der Waals surface area contributed by atoms with Gasteiger partial charge in [0, 0.05) is 13.2 Å². The zero-order valence-corrected chi connectivity index (χ0v) is 10.9. The number of ether oxygens (including phenoxy) is 1. The molecule has 90 valence electrons. The predicted octanol–water partition coefficient (Wildman–Crippen LogP) is 2.55. The predicted molar refractivity (Wildman–Crippen MR) is 67.6 cm³/mol. The van der Waals surface area contributed by atoms with Gasteiger partial charge in [-0.2, -0.15) is 0 Å². The molecule has 17 heavy (non-hydrogen) atoms. The van der Waals surface area contributed by atoms with E-state index in [1.807, 2.05) is 18.2 Å². The lowest BCUT2D eigenvalue weighted by Crippen LogP contribution is -2.42. The molecular formula is C12H13BrN2O2. The van der Waals surface area contributed by atoms with E-state index in [0.717, 1.165) is 28.4 Å². The molecule has 2 N–H and O–H groups in total. The highest BCUT2D eigenvalue weighted by Gasteiger charge is 2.35. The first-order valence-corrected chi connectivity index (χ1v) is 6.40. The van der Waals surface area contributed by atoms with Gasteiger partial charge in [0.2, 0.25) is 5.89 Å². The van der Waals surface area contributed by atoms with Gasteiger partial charge in [0.25, 0.3) is 0 Å². The van der Waals surface area contributed by atoms with E-state index in [9.17, 15) is 0 Å². The summed E-state index contributed by atoms with van der Waals surface area (Å²) >= 11 is 3.45. The second kappa shape index (κ2) is 4.08. The van der Waals surface area contributed by atoms with Crippen LogP contribution in [0.25, 0.3) is 11.1 Å². The lowest BCUT2D eigenvalue weighted by molar-refractivity contribution is 0.0429. The number of nitrogens with zero attached hydrogens (tertiary/aromatic N) is 1. The van der Waals surface area contributed by atoms with Crippen LogP contribution in [0, 0.1) is 0 Å². The Morgan fingerprint density at radius 2 is 2.06 bits per heavy atom. The average molecular weight is 297 g/mol. The Balaban J connectivity index is 2.08. The fraction of sp³-hybridized carbons (Fsp3) is 0.417. The highest BCUT2D eigenvalue weighted by Crippen LogP contribution is 2.33. The Hall–Kier alpha value is -0.910. The number of nitrogens with two attached hydrogens (primary N) is 1. The summed E-state index contributed by atoms with van der Waals surface area (Å²) < 4.78 is 12.0. The van der Waals surface area contributed by atoms with E-state index in [1.165, 1.54) is 0 Å². The molecule has 5 heteroatoms. The Kier molecular flexibility index (Phi) is 2.69. The van der Waals surface area contributed by atoms with Crippen molar-refractivity contribution in [3.8, 4) is 0 Å².